The lowest BCUT2D eigenvalue weighted by Gasteiger charge is -2.26. The van der Waals surface area contributed by atoms with Crippen LogP contribution in [0.3, 0.4) is 0 Å². The number of rotatable bonds is 7. The average Bonchev–Trinajstić information content (AvgIpc) is 2.86. The Bertz CT molecular complexity index is 1400. The van der Waals surface area contributed by atoms with Crippen molar-refractivity contribution in [1.29, 1.82) is 0 Å². The van der Waals surface area contributed by atoms with Crippen molar-refractivity contribution in [3.63, 3.8) is 0 Å². The first kappa shape index (κ1) is 24.4. The molecule has 3 aromatic rings. The van der Waals surface area contributed by atoms with Crippen LogP contribution in [0.2, 0.25) is 5.02 Å². The molecule has 0 atom stereocenters. The number of anilines is 1. The molecule has 0 aromatic heterocycles. The number of non-ortho nitro benzene ring substituents is 1. The predicted octanol–water partition coefficient (Wildman–Crippen LogP) is 4.50. The topological polar surface area (TPSA) is 128 Å². The molecule has 36 heavy (non-hydrogen) atoms. The first-order chi connectivity index (χ1) is 17.3. The van der Waals surface area contributed by atoms with Gasteiger partial charge in [-0.15, -0.1) is 0 Å². The number of benzene rings is 3. The van der Waals surface area contributed by atoms with Crippen molar-refractivity contribution < 1.29 is 28.8 Å². The number of urea groups is 1. The molecular formula is C25H18ClN3O7. The Labute approximate surface area is 209 Å². The quantitative estimate of drug-likeness (QED) is 0.216. The Morgan fingerprint density at radius 3 is 2.47 bits per heavy atom. The van der Waals surface area contributed by atoms with Gasteiger partial charge >= 0.3 is 6.03 Å². The molecule has 182 valence electrons. The van der Waals surface area contributed by atoms with E-state index in [2.05, 4.69) is 5.32 Å². The Hall–Kier alpha value is -4.70. The number of hydrogen-bond acceptors (Lipinski definition) is 7. The van der Waals surface area contributed by atoms with Crippen molar-refractivity contribution in [2.45, 2.75) is 6.61 Å². The van der Waals surface area contributed by atoms with E-state index in [-0.39, 0.29) is 23.6 Å². The maximum Gasteiger partial charge on any atom is 0.335 e. The number of nitro benzene ring substituents is 1. The standard InChI is InChI=1S/C25H18ClN3O7/c1-35-22-13-15(5-10-21(22)36-14-16-3-2-4-19(11-16)29(33)34)12-20-23(30)27-25(32)28(24(20)31)18-8-6-17(26)7-9-18/h2-13H,14H2,1H3,(H,27,30,32)/b20-12+. The third-order valence-electron chi connectivity index (χ3n) is 5.20. The number of halogens is 1. The molecule has 3 aromatic carbocycles. The molecule has 4 rings (SSSR count). The van der Waals surface area contributed by atoms with Crippen LogP contribution in [0.15, 0.2) is 72.3 Å². The molecule has 4 amide bonds. The molecule has 1 aliphatic heterocycles. The Balaban J connectivity index is 1.57. The fourth-order valence-electron chi connectivity index (χ4n) is 3.46. The molecule has 10 nitrogen and oxygen atoms in total. The molecule has 1 fully saturated rings. The Kier molecular flexibility index (Phi) is 6.98. The van der Waals surface area contributed by atoms with Crippen LogP contribution in [0.4, 0.5) is 16.2 Å². The fourth-order valence-corrected chi connectivity index (χ4v) is 3.59. The predicted molar refractivity (Wildman–Crippen MR) is 131 cm³/mol. The van der Waals surface area contributed by atoms with E-state index in [9.17, 15) is 24.5 Å². The van der Waals surface area contributed by atoms with Crippen LogP contribution in [0.25, 0.3) is 6.08 Å². The summed E-state index contributed by atoms with van der Waals surface area (Å²) >= 11 is 5.88. The van der Waals surface area contributed by atoms with Gasteiger partial charge in [-0.1, -0.05) is 29.8 Å². The smallest absolute Gasteiger partial charge is 0.335 e. The van der Waals surface area contributed by atoms with Gasteiger partial charge in [-0.25, -0.2) is 9.69 Å². The average molecular weight is 508 g/mol. The summed E-state index contributed by atoms with van der Waals surface area (Å²) in [6.45, 7) is 0.0531. The van der Waals surface area contributed by atoms with E-state index in [4.69, 9.17) is 21.1 Å². The number of nitro groups is 1. The second kappa shape index (κ2) is 10.3. The minimum Gasteiger partial charge on any atom is -0.493 e. The lowest BCUT2D eigenvalue weighted by atomic mass is 10.1. The number of carbonyl (C=O) groups is 3. The number of ether oxygens (including phenoxy) is 2. The molecule has 0 unspecified atom stereocenters. The summed E-state index contributed by atoms with van der Waals surface area (Å²) in [5.74, 6) is -0.969. The van der Waals surface area contributed by atoms with Crippen LogP contribution in [0.5, 0.6) is 11.5 Å². The second-order valence-electron chi connectivity index (χ2n) is 7.56. The molecule has 0 bridgehead atoms. The molecule has 1 saturated heterocycles. The Morgan fingerprint density at radius 2 is 1.78 bits per heavy atom. The Morgan fingerprint density at radius 1 is 1.03 bits per heavy atom. The summed E-state index contributed by atoms with van der Waals surface area (Å²) in [7, 11) is 1.42. The summed E-state index contributed by atoms with van der Waals surface area (Å²) in [6, 6.07) is 15.9. The molecule has 0 spiro atoms. The molecular weight excluding hydrogens is 490 g/mol. The molecule has 0 aliphatic carbocycles. The van der Waals surface area contributed by atoms with Crippen LogP contribution in [0.1, 0.15) is 11.1 Å². The van der Waals surface area contributed by atoms with Crippen molar-refractivity contribution in [2.24, 2.45) is 0 Å². The normalized spacial score (nSPS) is 14.6. The van der Waals surface area contributed by atoms with Crippen molar-refractivity contribution in [2.75, 3.05) is 12.0 Å². The highest BCUT2D eigenvalue weighted by molar-refractivity contribution is 6.39. The largest absolute Gasteiger partial charge is 0.493 e. The van der Waals surface area contributed by atoms with Gasteiger partial charge in [0, 0.05) is 17.2 Å². The van der Waals surface area contributed by atoms with E-state index in [0.717, 1.165) is 4.90 Å². The molecule has 1 aliphatic rings. The summed E-state index contributed by atoms with van der Waals surface area (Å²) in [5, 5.41) is 13.5. The summed E-state index contributed by atoms with van der Waals surface area (Å²) in [4.78, 5) is 49.1. The highest BCUT2D eigenvalue weighted by Crippen LogP contribution is 2.31. The van der Waals surface area contributed by atoms with E-state index in [0.29, 0.717) is 27.6 Å². The fraction of sp³-hybridized carbons (Fsp3) is 0.0800. The third-order valence-corrected chi connectivity index (χ3v) is 5.45. The number of nitrogens with one attached hydrogen (secondary N) is 1. The van der Waals surface area contributed by atoms with E-state index < -0.39 is 22.8 Å². The number of imide groups is 2. The van der Waals surface area contributed by atoms with E-state index in [1.165, 1.54) is 49.6 Å². The van der Waals surface area contributed by atoms with Crippen LogP contribution in [0, 0.1) is 10.1 Å². The minimum atomic E-state index is -0.869. The molecule has 11 heteroatoms. The van der Waals surface area contributed by atoms with E-state index in [1.807, 2.05) is 0 Å². The summed E-state index contributed by atoms with van der Waals surface area (Å²) in [5.41, 5.74) is 0.985. The van der Waals surface area contributed by atoms with Gasteiger partial charge in [0.2, 0.25) is 0 Å². The molecule has 0 saturated carbocycles. The third kappa shape index (κ3) is 5.18. The second-order valence-corrected chi connectivity index (χ2v) is 8.00. The van der Waals surface area contributed by atoms with Crippen molar-refractivity contribution in [1.82, 2.24) is 5.32 Å². The summed E-state index contributed by atoms with van der Waals surface area (Å²) < 4.78 is 11.1. The van der Waals surface area contributed by atoms with Crippen LogP contribution >= 0.6 is 11.6 Å². The van der Waals surface area contributed by atoms with Gasteiger partial charge in [0.1, 0.15) is 12.2 Å². The summed E-state index contributed by atoms with van der Waals surface area (Å²) in [6.07, 6.45) is 1.33. The van der Waals surface area contributed by atoms with Gasteiger partial charge in [0.05, 0.1) is 17.7 Å². The van der Waals surface area contributed by atoms with Crippen molar-refractivity contribution in [3.05, 3.63) is 98.6 Å². The van der Waals surface area contributed by atoms with E-state index >= 15 is 0 Å². The van der Waals surface area contributed by atoms with Gasteiger partial charge in [-0.3, -0.25) is 25.0 Å². The first-order valence-corrected chi connectivity index (χ1v) is 10.9. The van der Waals surface area contributed by atoms with Gasteiger partial charge in [0.25, 0.3) is 17.5 Å². The zero-order valence-electron chi connectivity index (χ0n) is 18.8. The first-order valence-electron chi connectivity index (χ1n) is 10.5. The van der Waals surface area contributed by atoms with Crippen LogP contribution in [-0.2, 0) is 16.2 Å². The van der Waals surface area contributed by atoms with Gasteiger partial charge in [-0.05, 0) is 53.6 Å². The lowest BCUT2D eigenvalue weighted by molar-refractivity contribution is -0.384. The molecule has 1 N–H and O–H groups in total. The van der Waals surface area contributed by atoms with Gasteiger partial charge in [0.15, 0.2) is 11.5 Å². The number of amides is 4. The number of hydrogen-bond donors (Lipinski definition) is 1. The SMILES string of the molecule is COc1cc(/C=C2\C(=O)NC(=O)N(c3ccc(Cl)cc3)C2=O)ccc1OCc1cccc([N+](=O)[O-])c1. The highest BCUT2D eigenvalue weighted by Gasteiger charge is 2.36. The van der Waals surface area contributed by atoms with Crippen LogP contribution in [-0.4, -0.2) is 29.9 Å². The van der Waals surface area contributed by atoms with Gasteiger partial charge < -0.3 is 9.47 Å². The lowest BCUT2D eigenvalue weighted by Crippen LogP contribution is -2.54. The molecule has 0 radical (unpaired) electrons. The van der Waals surface area contributed by atoms with E-state index in [1.54, 1.807) is 30.3 Å². The van der Waals surface area contributed by atoms with Gasteiger partial charge in [-0.2, -0.15) is 0 Å². The number of carbonyl (C=O) groups excluding carboxylic acids is 3. The molecule has 1 heterocycles. The number of barbiturate groups is 1. The number of nitrogens with zero attached hydrogens (tertiary/aromatic N) is 2. The maximum absolute atomic E-state index is 13.0. The highest BCUT2D eigenvalue weighted by atomic mass is 35.5. The van der Waals surface area contributed by atoms with Crippen molar-refractivity contribution in [3.8, 4) is 11.5 Å². The zero-order valence-corrected chi connectivity index (χ0v) is 19.5. The maximum atomic E-state index is 13.0. The number of methoxy groups -OCH3 is 1. The van der Waals surface area contributed by atoms with Crippen LogP contribution < -0.4 is 19.7 Å². The zero-order chi connectivity index (χ0) is 25.8. The van der Waals surface area contributed by atoms with Crippen molar-refractivity contribution >= 4 is 46.9 Å². The monoisotopic (exact) mass is 507 g/mol. The minimum absolute atomic E-state index is 0.0495.